The smallest absolute Gasteiger partial charge is 0.225 e. The maximum atomic E-state index is 12.3. The summed E-state index contributed by atoms with van der Waals surface area (Å²) in [5, 5.41) is 5.37. The van der Waals surface area contributed by atoms with Gasteiger partial charge in [0, 0.05) is 17.7 Å². The number of carbonyl (C=O) groups excluding carboxylic acids is 1. The minimum Gasteiger partial charge on any atom is -0.325 e. The zero-order valence-electron chi connectivity index (χ0n) is 13.2. The fourth-order valence-electron chi connectivity index (χ4n) is 3.49. The van der Waals surface area contributed by atoms with Crippen LogP contribution in [0.1, 0.15) is 36.0 Å². The Bertz CT molecular complexity index is 880. The number of nitrogens with one attached hydrogen (secondary N) is 1. The van der Waals surface area contributed by atoms with Gasteiger partial charge in [-0.25, -0.2) is 0 Å². The fraction of sp³-hybridized carbons (Fsp3) is 0.190. The van der Waals surface area contributed by atoms with E-state index in [0.29, 0.717) is 6.42 Å². The van der Waals surface area contributed by atoms with Crippen molar-refractivity contribution in [2.75, 3.05) is 5.32 Å². The van der Waals surface area contributed by atoms with Gasteiger partial charge in [-0.3, -0.25) is 4.79 Å². The van der Waals surface area contributed by atoms with E-state index in [0.717, 1.165) is 22.9 Å². The van der Waals surface area contributed by atoms with Crippen LogP contribution in [0.3, 0.4) is 0 Å². The summed E-state index contributed by atoms with van der Waals surface area (Å²) in [6.07, 6.45) is 1.55. The molecule has 0 saturated heterocycles. The van der Waals surface area contributed by atoms with E-state index >= 15 is 0 Å². The topological polar surface area (TPSA) is 29.1 Å². The highest BCUT2D eigenvalue weighted by Crippen LogP contribution is 2.40. The minimum atomic E-state index is 0.0958. The third kappa shape index (κ3) is 2.40. The van der Waals surface area contributed by atoms with E-state index < -0.39 is 0 Å². The molecule has 1 unspecified atom stereocenters. The number of fused-ring (bicyclic) bond motifs is 3. The van der Waals surface area contributed by atoms with Gasteiger partial charge in [0.15, 0.2) is 0 Å². The molecular formula is C21H19NO. The summed E-state index contributed by atoms with van der Waals surface area (Å²) in [6.45, 7) is 2.16. The number of hydrogen-bond acceptors (Lipinski definition) is 1. The van der Waals surface area contributed by atoms with Crippen LogP contribution in [0.5, 0.6) is 0 Å². The average molecular weight is 301 g/mol. The van der Waals surface area contributed by atoms with Crippen molar-refractivity contribution in [3.63, 3.8) is 0 Å². The number of amides is 1. The summed E-state index contributed by atoms with van der Waals surface area (Å²) in [6, 6.07) is 21.2. The molecule has 1 aliphatic rings. The standard InChI is InChI=1S/C21H19NO/c1-2-14-7-9-16(10-8-14)19-13-20(23)22-21-17-6-4-3-5-15(17)11-12-18(19)21/h3-12,19H,2,13H2,1H3,(H,22,23). The van der Waals surface area contributed by atoms with Gasteiger partial charge in [0.2, 0.25) is 5.91 Å². The molecule has 0 fully saturated rings. The van der Waals surface area contributed by atoms with Crippen molar-refractivity contribution in [1.82, 2.24) is 0 Å². The van der Waals surface area contributed by atoms with Crippen LogP contribution >= 0.6 is 0 Å². The van der Waals surface area contributed by atoms with Crippen molar-refractivity contribution in [2.24, 2.45) is 0 Å². The molecule has 0 spiro atoms. The largest absolute Gasteiger partial charge is 0.325 e. The molecule has 0 radical (unpaired) electrons. The fourth-order valence-corrected chi connectivity index (χ4v) is 3.49. The molecule has 114 valence electrons. The predicted molar refractivity (Wildman–Crippen MR) is 94.9 cm³/mol. The monoisotopic (exact) mass is 301 g/mol. The average Bonchev–Trinajstić information content (AvgIpc) is 2.61. The van der Waals surface area contributed by atoms with Crippen molar-refractivity contribution in [1.29, 1.82) is 0 Å². The molecular weight excluding hydrogens is 282 g/mol. The molecule has 3 aromatic carbocycles. The molecule has 3 aromatic rings. The number of hydrogen-bond donors (Lipinski definition) is 1. The van der Waals surface area contributed by atoms with Crippen LogP contribution in [0.4, 0.5) is 5.69 Å². The van der Waals surface area contributed by atoms with E-state index in [1.807, 2.05) is 12.1 Å². The molecule has 1 aliphatic heterocycles. The zero-order valence-corrected chi connectivity index (χ0v) is 13.2. The molecule has 2 heteroatoms. The Morgan fingerprint density at radius 2 is 1.78 bits per heavy atom. The molecule has 1 atom stereocenters. The van der Waals surface area contributed by atoms with Crippen LogP contribution in [-0.4, -0.2) is 5.91 Å². The molecule has 1 amide bonds. The van der Waals surface area contributed by atoms with Crippen LogP contribution in [0, 0.1) is 0 Å². The van der Waals surface area contributed by atoms with Gasteiger partial charge in [-0.2, -0.15) is 0 Å². The van der Waals surface area contributed by atoms with Crippen molar-refractivity contribution in [2.45, 2.75) is 25.7 Å². The van der Waals surface area contributed by atoms with Gasteiger partial charge in [-0.15, -0.1) is 0 Å². The first-order valence-electron chi connectivity index (χ1n) is 8.16. The molecule has 23 heavy (non-hydrogen) atoms. The minimum absolute atomic E-state index is 0.0958. The number of carbonyl (C=O) groups is 1. The molecule has 4 rings (SSSR count). The Hall–Kier alpha value is -2.61. The van der Waals surface area contributed by atoms with Crippen molar-refractivity contribution < 1.29 is 4.79 Å². The third-order valence-electron chi connectivity index (χ3n) is 4.78. The van der Waals surface area contributed by atoms with Gasteiger partial charge < -0.3 is 5.32 Å². The molecule has 0 saturated carbocycles. The summed E-state index contributed by atoms with van der Waals surface area (Å²) < 4.78 is 0. The van der Waals surface area contributed by atoms with Gasteiger partial charge in [0.1, 0.15) is 0 Å². The lowest BCUT2D eigenvalue weighted by Gasteiger charge is -2.27. The highest BCUT2D eigenvalue weighted by Gasteiger charge is 2.27. The summed E-state index contributed by atoms with van der Waals surface area (Å²) >= 11 is 0. The Balaban J connectivity index is 1.87. The Labute approximate surface area is 136 Å². The quantitative estimate of drug-likeness (QED) is 0.718. The lowest BCUT2D eigenvalue weighted by Crippen LogP contribution is -2.23. The predicted octanol–water partition coefficient (Wildman–Crippen LogP) is 4.88. The van der Waals surface area contributed by atoms with Crippen molar-refractivity contribution >= 4 is 22.4 Å². The van der Waals surface area contributed by atoms with E-state index in [2.05, 4.69) is 60.8 Å². The highest BCUT2D eigenvalue weighted by molar-refractivity contribution is 6.06. The van der Waals surface area contributed by atoms with E-state index in [1.165, 1.54) is 16.7 Å². The maximum absolute atomic E-state index is 12.3. The first-order chi connectivity index (χ1) is 11.3. The van der Waals surface area contributed by atoms with Crippen LogP contribution in [-0.2, 0) is 11.2 Å². The Morgan fingerprint density at radius 3 is 2.57 bits per heavy atom. The molecule has 2 nitrogen and oxygen atoms in total. The van der Waals surface area contributed by atoms with Crippen molar-refractivity contribution in [3.05, 3.63) is 77.4 Å². The molecule has 0 aliphatic carbocycles. The number of benzene rings is 3. The Kier molecular flexibility index (Phi) is 3.38. The van der Waals surface area contributed by atoms with Gasteiger partial charge in [0.05, 0.1) is 5.69 Å². The molecule has 1 heterocycles. The van der Waals surface area contributed by atoms with E-state index in [4.69, 9.17) is 0 Å². The second kappa shape index (κ2) is 5.54. The number of aryl methyl sites for hydroxylation is 1. The molecule has 0 bridgehead atoms. The van der Waals surface area contributed by atoms with Gasteiger partial charge in [-0.1, -0.05) is 67.6 Å². The molecule has 1 N–H and O–H groups in total. The summed E-state index contributed by atoms with van der Waals surface area (Å²) in [7, 11) is 0. The first-order valence-corrected chi connectivity index (χ1v) is 8.16. The second-order valence-electron chi connectivity index (χ2n) is 6.15. The lowest BCUT2D eigenvalue weighted by molar-refractivity contribution is -0.116. The summed E-state index contributed by atoms with van der Waals surface area (Å²) in [5.41, 5.74) is 4.73. The summed E-state index contributed by atoms with van der Waals surface area (Å²) in [4.78, 5) is 12.3. The maximum Gasteiger partial charge on any atom is 0.225 e. The number of anilines is 1. The number of rotatable bonds is 2. The van der Waals surface area contributed by atoms with E-state index in [1.54, 1.807) is 0 Å². The normalized spacial score (nSPS) is 16.9. The van der Waals surface area contributed by atoms with Gasteiger partial charge in [0.25, 0.3) is 0 Å². The zero-order chi connectivity index (χ0) is 15.8. The molecule has 0 aromatic heterocycles. The summed E-state index contributed by atoms with van der Waals surface area (Å²) in [5.74, 6) is 0.229. The van der Waals surface area contributed by atoms with Gasteiger partial charge >= 0.3 is 0 Å². The van der Waals surface area contributed by atoms with Gasteiger partial charge in [-0.05, 0) is 28.5 Å². The third-order valence-corrected chi connectivity index (χ3v) is 4.78. The Morgan fingerprint density at radius 1 is 1.00 bits per heavy atom. The van der Waals surface area contributed by atoms with Crippen LogP contribution in [0.2, 0.25) is 0 Å². The first kappa shape index (κ1) is 14.0. The van der Waals surface area contributed by atoms with Crippen LogP contribution in [0.25, 0.3) is 10.8 Å². The van der Waals surface area contributed by atoms with Crippen LogP contribution < -0.4 is 5.32 Å². The van der Waals surface area contributed by atoms with Crippen molar-refractivity contribution in [3.8, 4) is 0 Å². The van der Waals surface area contributed by atoms with E-state index in [9.17, 15) is 4.79 Å². The highest BCUT2D eigenvalue weighted by atomic mass is 16.1. The lowest BCUT2D eigenvalue weighted by atomic mass is 9.83. The second-order valence-corrected chi connectivity index (χ2v) is 6.15. The van der Waals surface area contributed by atoms with Crippen LogP contribution in [0.15, 0.2) is 60.7 Å². The SMILES string of the molecule is CCc1ccc(C2CC(=O)Nc3c2ccc2ccccc32)cc1. The van der Waals surface area contributed by atoms with E-state index in [-0.39, 0.29) is 11.8 Å².